The van der Waals surface area contributed by atoms with Crippen LogP contribution in [0.4, 0.5) is 16.2 Å². The third-order valence-electron chi connectivity index (χ3n) is 4.40. The lowest BCUT2D eigenvalue weighted by atomic mass is 10.0. The summed E-state index contributed by atoms with van der Waals surface area (Å²) >= 11 is 0. The van der Waals surface area contributed by atoms with Crippen molar-refractivity contribution in [3.63, 3.8) is 0 Å². The number of benzene rings is 3. The van der Waals surface area contributed by atoms with Crippen molar-refractivity contribution in [2.45, 2.75) is 13.8 Å². The van der Waals surface area contributed by atoms with Crippen LogP contribution in [0.3, 0.4) is 0 Å². The number of hydrogen-bond donors (Lipinski definition) is 4. The van der Waals surface area contributed by atoms with Crippen LogP contribution in [0.2, 0.25) is 0 Å². The molecule has 0 aliphatic carbocycles. The van der Waals surface area contributed by atoms with Crippen molar-refractivity contribution in [3.05, 3.63) is 83.9 Å². The molecule has 30 heavy (non-hydrogen) atoms. The van der Waals surface area contributed by atoms with Crippen LogP contribution in [0.5, 0.6) is 0 Å². The van der Waals surface area contributed by atoms with E-state index in [4.69, 9.17) is 11.5 Å². The molecule has 3 aromatic carbocycles. The van der Waals surface area contributed by atoms with Gasteiger partial charge >= 0.3 is 6.03 Å². The summed E-state index contributed by atoms with van der Waals surface area (Å²) in [6, 6.07) is 22.9. The van der Waals surface area contributed by atoms with E-state index in [0.29, 0.717) is 17.1 Å². The lowest BCUT2D eigenvalue weighted by Gasteiger charge is -2.09. The van der Waals surface area contributed by atoms with E-state index in [1.807, 2.05) is 36.4 Å². The average molecular weight is 400 g/mol. The Balaban J connectivity index is 1.59. The van der Waals surface area contributed by atoms with E-state index < -0.39 is 0 Å². The molecule has 6 N–H and O–H groups in total. The first-order chi connectivity index (χ1) is 14.4. The van der Waals surface area contributed by atoms with Crippen LogP contribution in [0.25, 0.3) is 11.1 Å². The van der Waals surface area contributed by atoms with Crippen molar-refractivity contribution < 1.29 is 4.79 Å². The third-order valence-corrected chi connectivity index (χ3v) is 4.40. The van der Waals surface area contributed by atoms with Gasteiger partial charge in [-0.15, -0.1) is 5.10 Å². The number of urea groups is 1. The van der Waals surface area contributed by atoms with Crippen molar-refractivity contribution in [1.82, 2.24) is 0 Å². The number of aryl methyl sites for hydroxylation is 1. The summed E-state index contributed by atoms with van der Waals surface area (Å²) < 4.78 is 0. The predicted molar refractivity (Wildman–Crippen MR) is 124 cm³/mol. The van der Waals surface area contributed by atoms with Crippen LogP contribution < -0.4 is 22.1 Å². The maximum absolute atomic E-state index is 12.3. The Hall–Kier alpha value is -4.13. The van der Waals surface area contributed by atoms with Crippen LogP contribution >= 0.6 is 0 Å². The van der Waals surface area contributed by atoms with Gasteiger partial charge in [-0.25, -0.2) is 4.79 Å². The Morgan fingerprint density at radius 2 is 1.20 bits per heavy atom. The zero-order valence-corrected chi connectivity index (χ0v) is 16.9. The summed E-state index contributed by atoms with van der Waals surface area (Å²) in [4.78, 5) is 12.3. The molecule has 0 aliphatic rings. The molecule has 0 aromatic heterocycles. The van der Waals surface area contributed by atoms with Crippen LogP contribution in [-0.2, 0) is 0 Å². The second kappa shape index (κ2) is 9.38. The molecule has 2 amide bonds. The van der Waals surface area contributed by atoms with E-state index >= 15 is 0 Å². The van der Waals surface area contributed by atoms with Crippen LogP contribution in [0.15, 0.2) is 83.0 Å². The van der Waals surface area contributed by atoms with Gasteiger partial charge in [0.25, 0.3) is 0 Å². The number of carbonyl (C=O) groups is 1. The van der Waals surface area contributed by atoms with Gasteiger partial charge in [-0.05, 0) is 54.8 Å². The summed E-state index contributed by atoms with van der Waals surface area (Å²) in [5, 5.41) is 13.2. The molecule has 0 fully saturated rings. The summed E-state index contributed by atoms with van der Waals surface area (Å²) in [5.41, 5.74) is 16.9. The first-order valence-electron chi connectivity index (χ1n) is 9.39. The van der Waals surface area contributed by atoms with Gasteiger partial charge in [0.05, 0.1) is 5.71 Å². The Morgan fingerprint density at radius 3 is 1.70 bits per heavy atom. The quantitative estimate of drug-likeness (QED) is 0.290. The van der Waals surface area contributed by atoms with E-state index in [1.165, 1.54) is 5.56 Å². The molecule has 0 radical (unpaired) electrons. The third kappa shape index (κ3) is 5.68. The molecule has 152 valence electrons. The molecule has 0 heterocycles. The van der Waals surface area contributed by atoms with Gasteiger partial charge in [0.15, 0.2) is 0 Å². The van der Waals surface area contributed by atoms with Gasteiger partial charge in [0.1, 0.15) is 0 Å². The zero-order valence-electron chi connectivity index (χ0n) is 16.9. The first-order valence-corrected chi connectivity index (χ1v) is 9.39. The molecule has 0 atom stereocenters. The van der Waals surface area contributed by atoms with Crippen LogP contribution in [-0.4, -0.2) is 17.7 Å². The highest BCUT2D eigenvalue weighted by atomic mass is 16.2. The topological polar surface area (TPSA) is 118 Å². The summed E-state index contributed by atoms with van der Waals surface area (Å²) in [6.07, 6.45) is 0. The highest BCUT2D eigenvalue weighted by Gasteiger charge is 2.05. The molecule has 0 saturated carbocycles. The number of guanidine groups is 1. The van der Waals surface area contributed by atoms with Gasteiger partial charge < -0.3 is 22.1 Å². The normalized spacial score (nSPS) is 10.9. The molecule has 0 unspecified atom stereocenters. The first kappa shape index (κ1) is 20.6. The number of rotatable bonds is 5. The molecular weight excluding hydrogens is 376 g/mol. The van der Waals surface area contributed by atoms with Gasteiger partial charge in [-0.1, -0.05) is 54.1 Å². The summed E-state index contributed by atoms with van der Waals surface area (Å²) in [5.74, 6) is -0.101. The van der Waals surface area contributed by atoms with Gasteiger partial charge in [-0.3, -0.25) is 0 Å². The molecule has 3 rings (SSSR count). The SMILES string of the molecule is C/C(=N\N=C(N)N)c1ccc(NC(=O)Nc2ccc(-c3ccc(C)cc3)cc2)cc1. The number of nitrogens with two attached hydrogens (primary N) is 2. The van der Waals surface area contributed by atoms with Crippen molar-refractivity contribution >= 4 is 29.1 Å². The van der Waals surface area contributed by atoms with E-state index in [9.17, 15) is 4.79 Å². The lowest BCUT2D eigenvalue weighted by molar-refractivity contribution is 0.262. The Labute approximate surface area is 175 Å². The van der Waals surface area contributed by atoms with Crippen molar-refractivity contribution in [2.24, 2.45) is 21.7 Å². The molecule has 0 spiro atoms. The maximum Gasteiger partial charge on any atom is 0.323 e. The van der Waals surface area contributed by atoms with E-state index in [1.54, 1.807) is 19.1 Å². The van der Waals surface area contributed by atoms with Crippen LogP contribution in [0, 0.1) is 6.92 Å². The lowest BCUT2D eigenvalue weighted by Crippen LogP contribution is -2.22. The second-order valence-electron chi connectivity index (χ2n) is 6.81. The van der Waals surface area contributed by atoms with Crippen molar-refractivity contribution in [3.8, 4) is 11.1 Å². The van der Waals surface area contributed by atoms with Crippen molar-refractivity contribution in [1.29, 1.82) is 0 Å². The molecule has 7 heteroatoms. The Kier molecular flexibility index (Phi) is 6.44. The standard InChI is InChI=1S/C23H24N6O/c1-15-3-5-18(6-4-15)19-9-13-21(14-10-19)27-23(30)26-20-11-7-17(8-12-20)16(2)28-29-22(24)25/h3-14H,1-2H3,(H4,24,25,29)(H2,26,27,30)/b28-16+. The maximum atomic E-state index is 12.3. The minimum Gasteiger partial charge on any atom is -0.369 e. The number of nitrogens with one attached hydrogen (secondary N) is 2. The van der Waals surface area contributed by atoms with Crippen LogP contribution in [0.1, 0.15) is 18.1 Å². The molecule has 0 aliphatic heterocycles. The zero-order chi connectivity index (χ0) is 21.5. The number of anilines is 2. The smallest absolute Gasteiger partial charge is 0.323 e. The fourth-order valence-corrected chi connectivity index (χ4v) is 2.77. The molecule has 0 bridgehead atoms. The van der Waals surface area contributed by atoms with E-state index in [2.05, 4.69) is 52.0 Å². The highest BCUT2D eigenvalue weighted by Crippen LogP contribution is 2.22. The number of hydrogen-bond acceptors (Lipinski definition) is 3. The van der Waals surface area contributed by atoms with Gasteiger partial charge in [0, 0.05) is 11.4 Å². The highest BCUT2D eigenvalue weighted by molar-refractivity contribution is 6.01. The Bertz CT molecular complexity index is 1060. The predicted octanol–water partition coefficient (Wildman–Crippen LogP) is 4.30. The van der Waals surface area contributed by atoms with Gasteiger partial charge in [-0.2, -0.15) is 5.10 Å². The molecule has 3 aromatic rings. The second-order valence-corrected chi connectivity index (χ2v) is 6.81. The van der Waals surface area contributed by atoms with Crippen molar-refractivity contribution in [2.75, 3.05) is 10.6 Å². The molecule has 0 saturated heterocycles. The average Bonchev–Trinajstić information content (AvgIpc) is 2.73. The van der Waals surface area contributed by atoms with E-state index in [0.717, 1.165) is 16.7 Å². The number of amides is 2. The number of nitrogens with zero attached hydrogens (tertiary/aromatic N) is 2. The summed E-state index contributed by atoms with van der Waals surface area (Å²) in [6.45, 7) is 3.85. The fourth-order valence-electron chi connectivity index (χ4n) is 2.77. The summed E-state index contributed by atoms with van der Waals surface area (Å²) in [7, 11) is 0. The monoisotopic (exact) mass is 400 g/mol. The fraction of sp³-hybridized carbons (Fsp3) is 0.0870. The largest absolute Gasteiger partial charge is 0.369 e. The molecule has 7 nitrogen and oxygen atoms in total. The minimum atomic E-state index is -0.322. The molecular formula is C23H24N6O. The number of carbonyl (C=O) groups excluding carboxylic acids is 1. The van der Waals surface area contributed by atoms with E-state index in [-0.39, 0.29) is 12.0 Å². The minimum absolute atomic E-state index is 0.101. The van der Waals surface area contributed by atoms with Gasteiger partial charge in [0.2, 0.25) is 5.96 Å². The Morgan fingerprint density at radius 1 is 0.733 bits per heavy atom.